The molecular formula is C19H34O4. The molecule has 0 aromatic heterocycles. The highest BCUT2D eigenvalue weighted by molar-refractivity contribution is 5.78. The van der Waals surface area contributed by atoms with E-state index in [9.17, 15) is 14.4 Å². The molecule has 0 fully saturated rings. The van der Waals surface area contributed by atoms with Crippen LogP contribution < -0.4 is 0 Å². The molecule has 4 heteroatoms. The number of hydrogen-bond donors (Lipinski definition) is 1. The molecular weight excluding hydrogens is 292 g/mol. The Hall–Kier alpha value is -1.19. The molecule has 134 valence electrons. The number of carbonyl (C=O) groups excluding carboxylic acids is 2. The van der Waals surface area contributed by atoms with E-state index in [0.717, 1.165) is 25.5 Å². The van der Waals surface area contributed by atoms with Crippen LogP contribution in [0.25, 0.3) is 0 Å². The van der Waals surface area contributed by atoms with Gasteiger partial charge in [-0.25, -0.2) is 0 Å². The van der Waals surface area contributed by atoms with Gasteiger partial charge >= 0.3 is 5.97 Å². The average Bonchev–Trinajstić information content (AvgIpc) is 2.52. The molecule has 0 unspecified atom stereocenters. The minimum atomic E-state index is -0.779. The molecule has 0 rings (SSSR count). The fourth-order valence-corrected chi connectivity index (χ4v) is 2.69. The fourth-order valence-electron chi connectivity index (χ4n) is 2.69. The SMILES string of the molecule is O=CCCCCCCCCCCCCC(=O)CCCCC(=O)O. The van der Waals surface area contributed by atoms with Gasteiger partial charge < -0.3 is 9.90 Å². The summed E-state index contributed by atoms with van der Waals surface area (Å²) in [5, 5.41) is 8.51. The first-order valence-electron chi connectivity index (χ1n) is 9.34. The third-order valence-electron chi connectivity index (χ3n) is 4.12. The molecule has 0 saturated heterocycles. The van der Waals surface area contributed by atoms with Crippen LogP contribution >= 0.6 is 0 Å². The lowest BCUT2D eigenvalue weighted by molar-refractivity contribution is -0.137. The maximum absolute atomic E-state index is 11.6. The van der Waals surface area contributed by atoms with Gasteiger partial charge in [0, 0.05) is 25.7 Å². The Bertz CT molecular complexity index is 312. The van der Waals surface area contributed by atoms with E-state index in [-0.39, 0.29) is 12.2 Å². The maximum atomic E-state index is 11.6. The molecule has 0 aromatic carbocycles. The molecule has 0 aliphatic heterocycles. The van der Waals surface area contributed by atoms with Crippen LogP contribution in [0, 0.1) is 0 Å². The van der Waals surface area contributed by atoms with E-state index < -0.39 is 5.97 Å². The van der Waals surface area contributed by atoms with Gasteiger partial charge in [-0.05, 0) is 25.7 Å². The zero-order chi connectivity index (χ0) is 17.2. The lowest BCUT2D eigenvalue weighted by Gasteiger charge is -2.03. The van der Waals surface area contributed by atoms with Crippen LogP contribution in [0.3, 0.4) is 0 Å². The zero-order valence-electron chi connectivity index (χ0n) is 14.6. The lowest BCUT2D eigenvalue weighted by Crippen LogP contribution is -1.99. The highest BCUT2D eigenvalue weighted by atomic mass is 16.4. The van der Waals surface area contributed by atoms with Gasteiger partial charge in [0.1, 0.15) is 12.1 Å². The molecule has 1 N–H and O–H groups in total. The lowest BCUT2D eigenvalue weighted by atomic mass is 10.0. The fraction of sp³-hybridized carbons (Fsp3) is 0.842. The van der Waals surface area contributed by atoms with Gasteiger partial charge in [0.05, 0.1) is 0 Å². The molecule has 0 heterocycles. The number of Topliss-reactive ketones (excluding diaryl/α,β-unsaturated/α-hetero) is 1. The van der Waals surface area contributed by atoms with Gasteiger partial charge in [-0.2, -0.15) is 0 Å². The molecule has 0 amide bonds. The second-order valence-electron chi connectivity index (χ2n) is 6.38. The number of hydrogen-bond acceptors (Lipinski definition) is 3. The molecule has 0 aromatic rings. The van der Waals surface area contributed by atoms with Gasteiger partial charge in [0.15, 0.2) is 0 Å². The first-order valence-corrected chi connectivity index (χ1v) is 9.34. The van der Waals surface area contributed by atoms with Crippen LogP contribution in [0.5, 0.6) is 0 Å². The zero-order valence-corrected chi connectivity index (χ0v) is 14.6. The second-order valence-corrected chi connectivity index (χ2v) is 6.38. The summed E-state index contributed by atoms with van der Waals surface area (Å²) in [5.41, 5.74) is 0. The van der Waals surface area contributed by atoms with Crippen molar-refractivity contribution in [3.63, 3.8) is 0 Å². The van der Waals surface area contributed by atoms with E-state index in [1.54, 1.807) is 0 Å². The number of carboxylic acid groups (broad SMARTS) is 1. The molecule has 0 atom stereocenters. The van der Waals surface area contributed by atoms with Crippen LogP contribution in [0.15, 0.2) is 0 Å². The summed E-state index contributed by atoms with van der Waals surface area (Å²) in [6.07, 6.45) is 16.2. The number of carboxylic acids is 1. The third kappa shape index (κ3) is 18.8. The van der Waals surface area contributed by atoms with E-state index in [1.807, 2.05) is 0 Å². The smallest absolute Gasteiger partial charge is 0.303 e. The van der Waals surface area contributed by atoms with E-state index in [4.69, 9.17) is 5.11 Å². The van der Waals surface area contributed by atoms with Crippen molar-refractivity contribution in [2.45, 2.75) is 103 Å². The van der Waals surface area contributed by atoms with Crippen molar-refractivity contribution in [3.8, 4) is 0 Å². The number of ketones is 1. The minimum absolute atomic E-state index is 0.171. The third-order valence-corrected chi connectivity index (χ3v) is 4.12. The number of rotatable bonds is 18. The predicted octanol–water partition coefficient (Wildman–Crippen LogP) is 5.08. The number of carbonyl (C=O) groups is 3. The summed E-state index contributed by atoms with van der Waals surface area (Å²) >= 11 is 0. The predicted molar refractivity (Wildman–Crippen MR) is 92.6 cm³/mol. The van der Waals surface area contributed by atoms with E-state index in [0.29, 0.717) is 32.1 Å². The van der Waals surface area contributed by atoms with Crippen molar-refractivity contribution in [2.24, 2.45) is 0 Å². The normalized spacial score (nSPS) is 10.6. The highest BCUT2D eigenvalue weighted by Crippen LogP contribution is 2.12. The summed E-state index contributed by atoms with van der Waals surface area (Å²) in [6.45, 7) is 0. The van der Waals surface area contributed by atoms with Crippen LogP contribution in [0.4, 0.5) is 0 Å². The topological polar surface area (TPSA) is 71.4 Å². The van der Waals surface area contributed by atoms with Crippen LogP contribution in [-0.2, 0) is 14.4 Å². The Morgan fingerprint density at radius 3 is 1.48 bits per heavy atom. The Balaban J connectivity index is 3.15. The van der Waals surface area contributed by atoms with Gasteiger partial charge in [-0.3, -0.25) is 9.59 Å². The molecule has 23 heavy (non-hydrogen) atoms. The molecule has 0 radical (unpaired) electrons. The number of unbranched alkanes of at least 4 members (excludes halogenated alkanes) is 11. The summed E-state index contributed by atoms with van der Waals surface area (Å²) < 4.78 is 0. The van der Waals surface area contributed by atoms with Crippen molar-refractivity contribution in [1.82, 2.24) is 0 Å². The van der Waals surface area contributed by atoms with E-state index >= 15 is 0 Å². The maximum Gasteiger partial charge on any atom is 0.303 e. The first kappa shape index (κ1) is 21.8. The molecule has 0 spiro atoms. The van der Waals surface area contributed by atoms with E-state index in [1.165, 1.54) is 44.9 Å². The van der Waals surface area contributed by atoms with Crippen molar-refractivity contribution in [2.75, 3.05) is 0 Å². The second kappa shape index (κ2) is 17.2. The van der Waals surface area contributed by atoms with Gasteiger partial charge in [0.2, 0.25) is 0 Å². The van der Waals surface area contributed by atoms with Gasteiger partial charge in [-0.15, -0.1) is 0 Å². The Morgan fingerprint density at radius 2 is 1.00 bits per heavy atom. The standard InChI is InChI=1S/C19H34O4/c20-17-13-9-7-5-3-1-2-4-6-8-10-14-18(21)15-11-12-16-19(22)23/h17H,1-16H2,(H,22,23). The molecule has 0 aliphatic rings. The highest BCUT2D eigenvalue weighted by Gasteiger charge is 2.03. The van der Waals surface area contributed by atoms with Crippen LogP contribution in [0.1, 0.15) is 103 Å². The Labute approximate surface area is 141 Å². The summed E-state index contributed by atoms with van der Waals surface area (Å²) in [7, 11) is 0. The van der Waals surface area contributed by atoms with Gasteiger partial charge in [-0.1, -0.05) is 51.4 Å². The molecule has 0 bridgehead atoms. The summed E-state index contributed by atoms with van der Waals surface area (Å²) in [5.74, 6) is -0.496. The van der Waals surface area contributed by atoms with Gasteiger partial charge in [0.25, 0.3) is 0 Å². The van der Waals surface area contributed by atoms with Crippen molar-refractivity contribution in [3.05, 3.63) is 0 Å². The van der Waals surface area contributed by atoms with E-state index in [2.05, 4.69) is 0 Å². The largest absolute Gasteiger partial charge is 0.481 e. The quantitative estimate of drug-likeness (QED) is 0.281. The minimum Gasteiger partial charge on any atom is -0.481 e. The average molecular weight is 326 g/mol. The monoisotopic (exact) mass is 326 g/mol. The van der Waals surface area contributed by atoms with Crippen LogP contribution in [-0.4, -0.2) is 23.1 Å². The molecule has 0 aliphatic carbocycles. The summed E-state index contributed by atoms with van der Waals surface area (Å²) in [6, 6.07) is 0. The van der Waals surface area contributed by atoms with Crippen molar-refractivity contribution < 1.29 is 19.5 Å². The van der Waals surface area contributed by atoms with Crippen LogP contribution in [0.2, 0.25) is 0 Å². The first-order chi connectivity index (χ1) is 11.2. The molecule has 4 nitrogen and oxygen atoms in total. The van der Waals surface area contributed by atoms with Crippen molar-refractivity contribution in [1.29, 1.82) is 0 Å². The molecule has 0 saturated carbocycles. The number of aldehydes is 1. The Kier molecular flexibility index (Phi) is 16.3. The number of aliphatic carboxylic acids is 1. The summed E-state index contributed by atoms with van der Waals surface area (Å²) in [4.78, 5) is 32.1. The Morgan fingerprint density at radius 1 is 0.609 bits per heavy atom. The van der Waals surface area contributed by atoms with Crippen molar-refractivity contribution >= 4 is 18.0 Å².